The lowest BCUT2D eigenvalue weighted by atomic mass is 10.0. The molecule has 0 radical (unpaired) electrons. The Bertz CT molecular complexity index is 862. The number of ketones is 1. The number of aromatic hydroxyl groups is 1. The number of allylic oxidation sites excluding steroid dienone is 1. The van der Waals surface area contributed by atoms with Gasteiger partial charge in [0.15, 0.2) is 5.76 Å². The maximum atomic E-state index is 12.8. The Morgan fingerprint density at radius 1 is 1.07 bits per heavy atom. The van der Waals surface area contributed by atoms with Gasteiger partial charge in [-0.2, -0.15) is 0 Å². The highest BCUT2D eigenvalue weighted by molar-refractivity contribution is 6.15. The van der Waals surface area contributed by atoms with Crippen molar-refractivity contribution in [1.29, 1.82) is 0 Å². The summed E-state index contributed by atoms with van der Waals surface area (Å²) in [4.78, 5) is 15.0. The molecule has 0 unspecified atom stereocenters. The van der Waals surface area contributed by atoms with E-state index in [0.717, 1.165) is 18.7 Å². The number of hydrogen-bond acceptors (Lipinski definition) is 4. The van der Waals surface area contributed by atoms with Crippen molar-refractivity contribution in [3.05, 3.63) is 64.4 Å². The van der Waals surface area contributed by atoms with Gasteiger partial charge in [-0.25, -0.2) is 0 Å². The van der Waals surface area contributed by atoms with Gasteiger partial charge in [0.25, 0.3) is 0 Å². The lowest BCUT2D eigenvalue weighted by molar-refractivity contribution is 0.101. The van der Waals surface area contributed by atoms with Crippen molar-refractivity contribution in [2.24, 2.45) is 0 Å². The van der Waals surface area contributed by atoms with Gasteiger partial charge in [-0.05, 0) is 48.3 Å². The number of nitrogens with zero attached hydrogens (tertiary/aromatic N) is 1. The van der Waals surface area contributed by atoms with Crippen molar-refractivity contribution in [3.8, 4) is 11.5 Å². The molecule has 4 nitrogen and oxygen atoms in total. The number of ether oxygens (including phenoxy) is 1. The maximum Gasteiger partial charge on any atom is 0.231 e. The molecule has 1 N–H and O–H groups in total. The third kappa shape index (κ3) is 3.91. The van der Waals surface area contributed by atoms with E-state index in [1.54, 1.807) is 18.2 Å². The molecule has 0 fully saturated rings. The fourth-order valence-corrected chi connectivity index (χ4v) is 3.25. The number of carbonyl (C=O) groups excluding carboxylic acids is 1. The van der Waals surface area contributed by atoms with E-state index in [-0.39, 0.29) is 11.5 Å². The van der Waals surface area contributed by atoms with E-state index < -0.39 is 0 Å². The van der Waals surface area contributed by atoms with Crippen LogP contribution in [0.25, 0.3) is 6.08 Å². The lowest BCUT2D eigenvalue weighted by Gasteiger charge is -2.20. The molecular formula is C23H27NO3. The summed E-state index contributed by atoms with van der Waals surface area (Å²) in [5.74, 6) is 1.27. The van der Waals surface area contributed by atoms with Crippen LogP contribution in [0.3, 0.4) is 0 Å². The summed E-state index contributed by atoms with van der Waals surface area (Å²) in [5.41, 5.74) is 3.36. The van der Waals surface area contributed by atoms with Gasteiger partial charge in [0.1, 0.15) is 11.5 Å². The predicted molar refractivity (Wildman–Crippen MR) is 108 cm³/mol. The highest BCUT2D eigenvalue weighted by Crippen LogP contribution is 2.40. The van der Waals surface area contributed by atoms with E-state index in [4.69, 9.17) is 4.74 Å². The average Bonchev–Trinajstić information content (AvgIpc) is 2.97. The normalized spacial score (nSPS) is 14.9. The summed E-state index contributed by atoms with van der Waals surface area (Å²) in [5, 5.41) is 10.3. The van der Waals surface area contributed by atoms with Gasteiger partial charge < -0.3 is 9.84 Å². The first-order valence-electron chi connectivity index (χ1n) is 9.56. The number of Topliss-reactive ketones (excluding diaryl/α,β-unsaturated/α-hetero) is 1. The molecule has 4 heteroatoms. The first-order chi connectivity index (χ1) is 12.9. The minimum atomic E-state index is -0.140. The number of carbonyl (C=O) groups is 1. The van der Waals surface area contributed by atoms with Crippen molar-refractivity contribution in [2.75, 3.05) is 13.1 Å². The SMILES string of the molecule is CCN(CC)Cc1c(O)ccc2c1OC(=Cc1ccc(C(C)C)cc1)C2=O. The number of fused-ring (bicyclic) bond motifs is 1. The third-order valence-electron chi connectivity index (χ3n) is 5.09. The Morgan fingerprint density at radius 3 is 2.33 bits per heavy atom. The number of phenolic OH excluding ortho intramolecular Hbond substituents is 1. The summed E-state index contributed by atoms with van der Waals surface area (Å²) in [7, 11) is 0. The van der Waals surface area contributed by atoms with Crippen LogP contribution in [0.4, 0.5) is 0 Å². The van der Waals surface area contributed by atoms with Crippen molar-refractivity contribution in [2.45, 2.75) is 40.2 Å². The molecule has 0 aromatic heterocycles. The van der Waals surface area contributed by atoms with Crippen molar-refractivity contribution in [3.63, 3.8) is 0 Å². The molecule has 2 aromatic carbocycles. The monoisotopic (exact) mass is 365 g/mol. The molecule has 0 atom stereocenters. The molecule has 0 bridgehead atoms. The van der Waals surface area contributed by atoms with Crippen LogP contribution in [-0.2, 0) is 6.54 Å². The van der Waals surface area contributed by atoms with Crippen LogP contribution in [0, 0.1) is 0 Å². The molecule has 1 aliphatic rings. The fraction of sp³-hybridized carbons (Fsp3) is 0.348. The van der Waals surface area contributed by atoms with E-state index in [0.29, 0.717) is 35.1 Å². The van der Waals surface area contributed by atoms with E-state index in [1.807, 2.05) is 12.1 Å². The van der Waals surface area contributed by atoms with Crippen LogP contribution in [0.15, 0.2) is 42.2 Å². The topological polar surface area (TPSA) is 49.8 Å². The van der Waals surface area contributed by atoms with E-state index in [1.165, 1.54) is 5.56 Å². The molecule has 3 rings (SSSR count). The van der Waals surface area contributed by atoms with Gasteiger partial charge in [-0.1, -0.05) is 52.0 Å². The molecular weight excluding hydrogens is 338 g/mol. The zero-order chi connectivity index (χ0) is 19.6. The average molecular weight is 365 g/mol. The molecule has 0 aliphatic carbocycles. The van der Waals surface area contributed by atoms with Gasteiger partial charge in [-0.15, -0.1) is 0 Å². The number of phenols is 1. The summed E-state index contributed by atoms with van der Waals surface area (Å²) in [6.45, 7) is 10.7. The molecule has 142 valence electrons. The van der Waals surface area contributed by atoms with Crippen molar-refractivity contribution < 1.29 is 14.6 Å². The second kappa shape index (κ2) is 7.97. The van der Waals surface area contributed by atoms with E-state index in [2.05, 4.69) is 44.7 Å². The Kier molecular flexibility index (Phi) is 5.66. The van der Waals surface area contributed by atoms with Crippen LogP contribution in [0.2, 0.25) is 0 Å². The molecule has 0 saturated carbocycles. The first-order valence-corrected chi connectivity index (χ1v) is 9.56. The van der Waals surface area contributed by atoms with Crippen molar-refractivity contribution >= 4 is 11.9 Å². The van der Waals surface area contributed by atoms with Crippen LogP contribution in [0.1, 0.15) is 60.7 Å². The van der Waals surface area contributed by atoms with Crippen molar-refractivity contribution in [1.82, 2.24) is 4.90 Å². The Hall–Kier alpha value is -2.59. The molecule has 27 heavy (non-hydrogen) atoms. The van der Waals surface area contributed by atoms with Crippen LogP contribution >= 0.6 is 0 Å². The number of hydrogen-bond donors (Lipinski definition) is 1. The summed E-state index contributed by atoms with van der Waals surface area (Å²) in [6, 6.07) is 11.4. The minimum Gasteiger partial charge on any atom is -0.507 e. The van der Waals surface area contributed by atoms with Gasteiger partial charge in [0, 0.05) is 6.54 Å². The summed E-state index contributed by atoms with van der Waals surface area (Å²) in [6.07, 6.45) is 1.77. The Morgan fingerprint density at radius 2 is 1.74 bits per heavy atom. The zero-order valence-electron chi connectivity index (χ0n) is 16.5. The van der Waals surface area contributed by atoms with E-state index in [9.17, 15) is 9.90 Å². The molecule has 1 aliphatic heterocycles. The second-order valence-corrected chi connectivity index (χ2v) is 7.16. The van der Waals surface area contributed by atoms with Gasteiger partial charge in [0.2, 0.25) is 5.78 Å². The Balaban J connectivity index is 1.92. The fourth-order valence-electron chi connectivity index (χ4n) is 3.25. The maximum absolute atomic E-state index is 12.8. The predicted octanol–water partition coefficient (Wildman–Crippen LogP) is 4.97. The van der Waals surface area contributed by atoms with Crippen LogP contribution in [0.5, 0.6) is 11.5 Å². The molecule has 1 heterocycles. The highest BCUT2D eigenvalue weighted by Gasteiger charge is 2.31. The standard InChI is InChI=1S/C23H27NO3/c1-5-24(6-2)14-19-20(25)12-11-18-22(26)21(27-23(18)19)13-16-7-9-17(10-8-16)15(3)4/h7-13,15,25H,5-6,14H2,1-4H3. The van der Waals surface area contributed by atoms with Crippen LogP contribution in [-0.4, -0.2) is 28.9 Å². The largest absolute Gasteiger partial charge is 0.507 e. The first kappa shape index (κ1) is 19.2. The van der Waals surface area contributed by atoms with Gasteiger partial charge in [-0.3, -0.25) is 9.69 Å². The molecule has 0 saturated heterocycles. The quantitative estimate of drug-likeness (QED) is 0.734. The van der Waals surface area contributed by atoms with Crippen LogP contribution < -0.4 is 4.74 Å². The molecule has 0 amide bonds. The molecule has 0 spiro atoms. The van der Waals surface area contributed by atoms with E-state index >= 15 is 0 Å². The zero-order valence-corrected chi connectivity index (χ0v) is 16.5. The summed E-state index contributed by atoms with van der Waals surface area (Å²) < 4.78 is 5.93. The van der Waals surface area contributed by atoms with Gasteiger partial charge in [0.05, 0.1) is 11.1 Å². The van der Waals surface area contributed by atoms with Gasteiger partial charge >= 0.3 is 0 Å². The minimum absolute atomic E-state index is 0.140. The third-order valence-corrected chi connectivity index (χ3v) is 5.09. The Labute approximate surface area is 161 Å². The summed E-state index contributed by atoms with van der Waals surface area (Å²) >= 11 is 0. The second-order valence-electron chi connectivity index (χ2n) is 7.16. The molecule has 2 aromatic rings. The highest BCUT2D eigenvalue weighted by atomic mass is 16.5. The smallest absolute Gasteiger partial charge is 0.231 e. The number of benzene rings is 2. The lowest BCUT2D eigenvalue weighted by Crippen LogP contribution is -2.22. The number of rotatable bonds is 6.